The fourth-order valence-corrected chi connectivity index (χ4v) is 4.41. The number of halogens is 2. The van der Waals surface area contributed by atoms with Gasteiger partial charge in [0.15, 0.2) is 17.5 Å². The summed E-state index contributed by atoms with van der Waals surface area (Å²) in [7, 11) is 0. The highest BCUT2D eigenvalue weighted by Gasteiger charge is 2.28. The van der Waals surface area contributed by atoms with Gasteiger partial charge in [-0.3, -0.25) is 4.79 Å². The first-order chi connectivity index (χ1) is 16.1. The summed E-state index contributed by atoms with van der Waals surface area (Å²) in [5.41, 5.74) is 1.93. The maximum Gasteiger partial charge on any atom is 0.251 e. The minimum Gasteiger partial charge on any atom is -0.363 e. The second-order valence-corrected chi connectivity index (χ2v) is 8.56. The van der Waals surface area contributed by atoms with E-state index in [-0.39, 0.29) is 23.8 Å². The van der Waals surface area contributed by atoms with Gasteiger partial charge in [0.05, 0.1) is 11.2 Å². The average Bonchev–Trinajstić information content (AvgIpc) is 3.25. The minimum atomic E-state index is -0.548. The lowest BCUT2D eigenvalue weighted by molar-refractivity contribution is 0.0923. The van der Waals surface area contributed by atoms with Crippen molar-refractivity contribution in [1.82, 2.24) is 25.3 Å². The lowest BCUT2D eigenvalue weighted by Crippen LogP contribution is -2.48. The monoisotopic (exact) mass is 464 g/mol. The van der Waals surface area contributed by atoms with Crippen molar-refractivity contribution in [3.63, 3.8) is 0 Å². The van der Waals surface area contributed by atoms with Gasteiger partial charge in [0.25, 0.3) is 5.91 Å². The molecule has 0 saturated heterocycles. The molecule has 0 radical (unpaired) electrons. The standard InChI is InChI=1S/C24H22ClFN6O/c25-15-10-16-17(12-28-21(16)27-11-15)22-29-13-18(26)23(32-22)30-19-8-4-5-9-20(19)31-24(33)14-6-2-1-3-7-14/h1-3,6-7,10-13,19-20H,4-5,8-9H2,(H,27,28)(H,31,33)(H,29,30,32)/t19-,20+/m0/s1. The fraction of sp³-hybridized carbons (Fsp3) is 0.250. The second kappa shape index (κ2) is 9.15. The van der Waals surface area contributed by atoms with E-state index in [9.17, 15) is 9.18 Å². The molecule has 3 aromatic heterocycles. The van der Waals surface area contributed by atoms with Crippen LogP contribution in [0.5, 0.6) is 0 Å². The normalized spacial score (nSPS) is 18.2. The third-order valence-electron chi connectivity index (χ3n) is 5.92. The molecule has 7 nitrogen and oxygen atoms in total. The van der Waals surface area contributed by atoms with Gasteiger partial charge in [0.1, 0.15) is 5.65 Å². The summed E-state index contributed by atoms with van der Waals surface area (Å²) in [6.07, 6.45) is 8.03. The van der Waals surface area contributed by atoms with E-state index in [2.05, 4.69) is 30.6 Å². The summed E-state index contributed by atoms with van der Waals surface area (Å²) in [6, 6.07) is 10.6. The van der Waals surface area contributed by atoms with Gasteiger partial charge >= 0.3 is 0 Å². The van der Waals surface area contributed by atoms with Gasteiger partial charge in [-0.2, -0.15) is 0 Å². The van der Waals surface area contributed by atoms with Crippen molar-refractivity contribution >= 4 is 34.4 Å². The first-order valence-corrected chi connectivity index (χ1v) is 11.2. The van der Waals surface area contributed by atoms with Crippen molar-refractivity contribution in [2.45, 2.75) is 37.8 Å². The van der Waals surface area contributed by atoms with Gasteiger partial charge in [-0.15, -0.1) is 0 Å². The van der Waals surface area contributed by atoms with Crippen LogP contribution in [0.1, 0.15) is 36.0 Å². The van der Waals surface area contributed by atoms with Gasteiger partial charge in [-0.1, -0.05) is 42.6 Å². The maximum absolute atomic E-state index is 14.7. The van der Waals surface area contributed by atoms with Crippen molar-refractivity contribution in [3.8, 4) is 11.4 Å². The molecule has 0 spiro atoms. The number of aromatic amines is 1. The predicted octanol–water partition coefficient (Wildman–Crippen LogP) is 4.97. The van der Waals surface area contributed by atoms with Gasteiger partial charge in [0.2, 0.25) is 0 Å². The summed E-state index contributed by atoms with van der Waals surface area (Å²) in [6.45, 7) is 0. The third kappa shape index (κ3) is 4.52. The van der Waals surface area contributed by atoms with Crippen LogP contribution >= 0.6 is 11.6 Å². The van der Waals surface area contributed by atoms with Crippen LogP contribution in [0.4, 0.5) is 10.2 Å². The highest BCUT2D eigenvalue weighted by Crippen LogP contribution is 2.29. The van der Waals surface area contributed by atoms with Crippen molar-refractivity contribution in [2.75, 3.05) is 5.32 Å². The Kier molecular flexibility index (Phi) is 5.92. The molecule has 2 atom stereocenters. The van der Waals surface area contributed by atoms with E-state index in [0.717, 1.165) is 37.3 Å². The third-order valence-corrected chi connectivity index (χ3v) is 6.13. The summed E-state index contributed by atoms with van der Waals surface area (Å²) in [5.74, 6) is -0.222. The molecule has 0 aliphatic heterocycles. The van der Waals surface area contributed by atoms with Crippen LogP contribution in [-0.4, -0.2) is 37.9 Å². The number of amides is 1. The molecule has 1 aromatic carbocycles. The Balaban J connectivity index is 1.39. The Morgan fingerprint density at radius 1 is 1.09 bits per heavy atom. The molecule has 1 saturated carbocycles. The molecule has 4 aromatic rings. The number of aromatic nitrogens is 4. The van der Waals surface area contributed by atoms with Crippen LogP contribution in [0.25, 0.3) is 22.4 Å². The number of rotatable bonds is 5. The van der Waals surface area contributed by atoms with Crippen molar-refractivity contribution in [2.24, 2.45) is 0 Å². The quantitative estimate of drug-likeness (QED) is 0.387. The Morgan fingerprint density at radius 3 is 2.70 bits per heavy atom. The van der Waals surface area contributed by atoms with E-state index in [0.29, 0.717) is 27.6 Å². The van der Waals surface area contributed by atoms with Crippen LogP contribution in [0, 0.1) is 5.82 Å². The molecule has 1 fully saturated rings. The number of H-pyrrole nitrogens is 1. The molecule has 1 aliphatic rings. The number of nitrogens with one attached hydrogen (secondary N) is 3. The molecule has 0 unspecified atom stereocenters. The van der Waals surface area contributed by atoms with Gasteiger partial charge in [0, 0.05) is 41.0 Å². The number of nitrogens with zero attached hydrogens (tertiary/aromatic N) is 3. The molecule has 3 N–H and O–H groups in total. The van der Waals surface area contributed by atoms with Crippen molar-refractivity contribution < 1.29 is 9.18 Å². The molecular weight excluding hydrogens is 443 g/mol. The number of carbonyl (C=O) groups is 1. The Hall–Kier alpha value is -3.52. The van der Waals surface area contributed by atoms with E-state index in [1.807, 2.05) is 18.2 Å². The topological polar surface area (TPSA) is 95.6 Å². The number of carbonyl (C=O) groups excluding carboxylic acids is 1. The van der Waals surface area contributed by atoms with E-state index in [1.165, 1.54) is 0 Å². The summed E-state index contributed by atoms with van der Waals surface area (Å²) in [4.78, 5) is 28.6. The number of hydrogen-bond donors (Lipinski definition) is 3. The Labute approximate surface area is 194 Å². The predicted molar refractivity (Wildman–Crippen MR) is 126 cm³/mol. The smallest absolute Gasteiger partial charge is 0.251 e. The zero-order valence-electron chi connectivity index (χ0n) is 17.7. The molecule has 9 heteroatoms. The zero-order chi connectivity index (χ0) is 22.8. The maximum atomic E-state index is 14.7. The van der Waals surface area contributed by atoms with Crippen molar-refractivity contribution in [1.29, 1.82) is 0 Å². The van der Waals surface area contributed by atoms with E-state index >= 15 is 0 Å². The molecule has 33 heavy (non-hydrogen) atoms. The largest absolute Gasteiger partial charge is 0.363 e. The van der Waals surface area contributed by atoms with E-state index in [4.69, 9.17) is 11.6 Å². The Bertz CT molecular complexity index is 1290. The SMILES string of the molecule is O=C(N[C@@H]1CCCC[C@@H]1Nc1nc(-c2c[nH]c3ncc(Cl)cc23)ncc1F)c1ccccc1. The van der Waals surface area contributed by atoms with Crippen LogP contribution < -0.4 is 10.6 Å². The highest BCUT2D eigenvalue weighted by molar-refractivity contribution is 6.31. The lowest BCUT2D eigenvalue weighted by Gasteiger charge is -2.33. The van der Waals surface area contributed by atoms with Crippen LogP contribution in [0.3, 0.4) is 0 Å². The molecule has 3 heterocycles. The summed E-state index contributed by atoms with van der Waals surface area (Å²) >= 11 is 6.10. The zero-order valence-corrected chi connectivity index (χ0v) is 18.4. The van der Waals surface area contributed by atoms with E-state index < -0.39 is 5.82 Å². The fourth-order valence-electron chi connectivity index (χ4n) is 4.25. The number of pyridine rings is 1. The minimum absolute atomic E-state index is 0.107. The summed E-state index contributed by atoms with van der Waals surface area (Å²) in [5, 5.41) is 7.57. The van der Waals surface area contributed by atoms with Crippen molar-refractivity contribution in [3.05, 3.63) is 71.4 Å². The molecule has 5 rings (SSSR count). The number of benzene rings is 1. The lowest BCUT2D eigenvalue weighted by atomic mass is 9.90. The molecule has 168 valence electrons. The number of anilines is 1. The molecular formula is C24H22ClFN6O. The molecule has 0 bridgehead atoms. The number of hydrogen-bond acceptors (Lipinski definition) is 5. The highest BCUT2D eigenvalue weighted by atomic mass is 35.5. The van der Waals surface area contributed by atoms with Gasteiger partial charge < -0.3 is 15.6 Å². The van der Waals surface area contributed by atoms with Crippen LogP contribution in [0.2, 0.25) is 5.02 Å². The average molecular weight is 465 g/mol. The Morgan fingerprint density at radius 2 is 1.88 bits per heavy atom. The summed E-state index contributed by atoms with van der Waals surface area (Å²) < 4.78 is 14.7. The van der Waals surface area contributed by atoms with Crippen LogP contribution in [0.15, 0.2) is 55.0 Å². The van der Waals surface area contributed by atoms with Gasteiger partial charge in [-0.05, 0) is 31.0 Å². The molecule has 1 amide bonds. The first-order valence-electron chi connectivity index (χ1n) is 10.9. The van der Waals surface area contributed by atoms with E-state index in [1.54, 1.807) is 30.6 Å². The van der Waals surface area contributed by atoms with Gasteiger partial charge in [-0.25, -0.2) is 19.3 Å². The number of fused-ring (bicyclic) bond motifs is 1. The first kappa shape index (κ1) is 21.3. The second-order valence-electron chi connectivity index (χ2n) is 8.12. The molecule has 1 aliphatic carbocycles. The van der Waals surface area contributed by atoms with Crippen LogP contribution in [-0.2, 0) is 0 Å².